The van der Waals surface area contributed by atoms with Crippen LogP contribution < -0.4 is 4.74 Å². The molecule has 0 aliphatic carbocycles. The van der Waals surface area contributed by atoms with Crippen LogP contribution in [0.2, 0.25) is 0 Å². The summed E-state index contributed by atoms with van der Waals surface area (Å²) >= 11 is 3.56. The minimum absolute atomic E-state index is 0. The zero-order chi connectivity index (χ0) is 23.0. The molecule has 1 atom stereocenters. The summed E-state index contributed by atoms with van der Waals surface area (Å²) in [5.74, 6) is 0.729. The number of aliphatic hydroxyl groups is 2. The van der Waals surface area contributed by atoms with Crippen LogP contribution in [-0.2, 0) is 5.60 Å². The van der Waals surface area contributed by atoms with Crippen molar-refractivity contribution >= 4 is 61.8 Å². The van der Waals surface area contributed by atoms with Gasteiger partial charge in [-0.15, -0.1) is 24.0 Å². The fourth-order valence-electron chi connectivity index (χ4n) is 4.73. The van der Waals surface area contributed by atoms with E-state index < -0.39 is 11.8 Å². The first-order valence-corrected chi connectivity index (χ1v) is 12.0. The topological polar surface area (TPSA) is 79.0 Å². The van der Waals surface area contributed by atoms with Crippen LogP contribution in [0, 0.1) is 6.92 Å². The van der Waals surface area contributed by atoms with E-state index in [-0.39, 0.29) is 24.0 Å². The molecule has 3 heterocycles. The molecule has 8 heteroatoms. The lowest BCUT2D eigenvalue weighted by Crippen LogP contribution is -2.47. The molecule has 0 unspecified atom stereocenters. The maximum absolute atomic E-state index is 11.0. The minimum Gasteiger partial charge on any atom is -0.493 e. The van der Waals surface area contributed by atoms with E-state index in [4.69, 9.17) is 9.15 Å². The van der Waals surface area contributed by atoms with Crippen molar-refractivity contribution in [2.75, 3.05) is 19.7 Å². The third-order valence-electron chi connectivity index (χ3n) is 6.61. The highest BCUT2D eigenvalue weighted by Gasteiger charge is 2.35. The van der Waals surface area contributed by atoms with E-state index in [0.717, 1.165) is 43.3 Å². The Kier molecular flexibility index (Phi) is 7.83. The monoisotopic (exact) mass is 638 g/mol. The van der Waals surface area contributed by atoms with Crippen LogP contribution in [0.3, 0.4) is 0 Å². The summed E-state index contributed by atoms with van der Waals surface area (Å²) in [4.78, 5) is 6.12. The largest absolute Gasteiger partial charge is 0.493 e. The number of pyridine rings is 1. The normalized spacial score (nSPS) is 16.9. The summed E-state index contributed by atoms with van der Waals surface area (Å²) in [5, 5.41) is 23.8. The number of aromatic nitrogens is 1. The molecule has 1 aliphatic rings. The Morgan fingerprint density at radius 1 is 1.21 bits per heavy atom. The summed E-state index contributed by atoms with van der Waals surface area (Å²) in [6.45, 7) is 3.67. The number of likely N-dealkylation sites (tertiary alicyclic amines) is 1. The minimum atomic E-state index is -0.879. The highest BCUT2D eigenvalue weighted by Crippen LogP contribution is 2.37. The number of hydrogen-bond acceptors (Lipinski definition) is 6. The molecule has 2 aromatic carbocycles. The molecule has 6 nitrogen and oxygen atoms in total. The molecule has 4 aromatic rings. The van der Waals surface area contributed by atoms with E-state index in [1.54, 1.807) is 12.4 Å². The van der Waals surface area contributed by atoms with Crippen LogP contribution in [0.4, 0.5) is 0 Å². The van der Waals surface area contributed by atoms with Crippen molar-refractivity contribution in [1.82, 2.24) is 9.88 Å². The number of piperidine rings is 1. The molecule has 5 rings (SSSR count). The van der Waals surface area contributed by atoms with E-state index in [1.807, 2.05) is 41.3 Å². The van der Waals surface area contributed by atoms with Crippen molar-refractivity contribution in [3.63, 3.8) is 0 Å². The maximum atomic E-state index is 11.0. The highest BCUT2D eigenvalue weighted by molar-refractivity contribution is 14.0. The second-order valence-electron chi connectivity index (χ2n) is 8.76. The molecule has 1 saturated heterocycles. The molecule has 34 heavy (non-hydrogen) atoms. The Morgan fingerprint density at radius 2 is 2.00 bits per heavy atom. The van der Waals surface area contributed by atoms with Gasteiger partial charge in [-0.05, 0) is 59.5 Å². The van der Waals surface area contributed by atoms with Gasteiger partial charge in [-0.3, -0.25) is 9.88 Å². The number of aryl methyl sites for hydroxylation is 1. The van der Waals surface area contributed by atoms with E-state index in [1.165, 1.54) is 0 Å². The van der Waals surface area contributed by atoms with Gasteiger partial charge >= 0.3 is 0 Å². The molecule has 0 saturated carbocycles. The Morgan fingerprint density at radius 3 is 2.74 bits per heavy atom. The number of hydrogen-bond donors (Lipinski definition) is 2. The van der Waals surface area contributed by atoms with Gasteiger partial charge < -0.3 is 19.4 Å². The number of benzene rings is 2. The molecule has 2 aromatic heterocycles. The average Bonchev–Trinajstić information content (AvgIpc) is 3.20. The van der Waals surface area contributed by atoms with Crippen LogP contribution in [0.1, 0.15) is 30.4 Å². The Hall–Kier alpha value is -1.72. The fraction of sp³-hybridized carbons (Fsp3) is 0.346. The van der Waals surface area contributed by atoms with Crippen molar-refractivity contribution in [2.45, 2.75) is 38.0 Å². The maximum Gasteiger partial charge on any atom is 0.149 e. The third-order valence-corrected chi connectivity index (χ3v) is 7.24. The Labute approximate surface area is 224 Å². The summed E-state index contributed by atoms with van der Waals surface area (Å²) in [7, 11) is 0. The van der Waals surface area contributed by atoms with Crippen LogP contribution >= 0.6 is 39.9 Å². The number of fused-ring (bicyclic) bond motifs is 3. The lowest BCUT2D eigenvalue weighted by molar-refractivity contribution is -0.0820. The molecule has 0 amide bonds. The van der Waals surface area contributed by atoms with Crippen molar-refractivity contribution in [3.8, 4) is 5.75 Å². The summed E-state index contributed by atoms with van der Waals surface area (Å²) in [5.41, 5.74) is 2.67. The Balaban J connectivity index is 0.00000274. The standard InChI is InChI=1S/C26H27BrN2O4.HI/c1-17-14-19(15-22-24(17)20-5-2-6-21(27)25(20)33-22)32-13-7-23(30)29-11-8-26(31,9-12-29)18-4-3-10-28-16-18;/h2-6,10,14-16,23,30-31H,7-9,11-13H2,1H3;1H/t23-;/m0./s1. The van der Waals surface area contributed by atoms with Crippen molar-refractivity contribution in [1.29, 1.82) is 0 Å². The molecule has 180 valence electrons. The first-order valence-electron chi connectivity index (χ1n) is 11.2. The van der Waals surface area contributed by atoms with E-state index in [9.17, 15) is 10.2 Å². The lowest BCUT2D eigenvalue weighted by Gasteiger charge is -2.40. The second kappa shape index (κ2) is 10.5. The van der Waals surface area contributed by atoms with Crippen LogP contribution in [-0.4, -0.2) is 46.0 Å². The van der Waals surface area contributed by atoms with Gasteiger partial charge in [0.2, 0.25) is 0 Å². The van der Waals surface area contributed by atoms with Gasteiger partial charge in [-0.2, -0.15) is 0 Å². The molecule has 0 bridgehead atoms. The smallest absolute Gasteiger partial charge is 0.149 e. The summed E-state index contributed by atoms with van der Waals surface area (Å²) in [6, 6.07) is 13.7. The number of nitrogens with zero attached hydrogens (tertiary/aromatic N) is 2. The first kappa shape index (κ1) is 25.4. The number of para-hydroxylation sites is 1. The predicted molar refractivity (Wildman–Crippen MR) is 147 cm³/mol. The van der Waals surface area contributed by atoms with Gasteiger partial charge in [0.05, 0.1) is 16.7 Å². The molecule has 1 aliphatic heterocycles. The SMILES string of the molecule is Cc1cc(OCC[C@H](O)N2CCC(O)(c3cccnc3)CC2)cc2oc3c(Br)cccc3c12.I. The summed E-state index contributed by atoms with van der Waals surface area (Å²) in [6.07, 6.45) is 4.42. The molecular formula is C26H28BrIN2O4. The Bertz CT molecular complexity index is 1270. The zero-order valence-corrected chi connectivity index (χ0v) is 22.8. The van der Waals surface area contributed by atoms with E-state index >= 15 is 0 Å². The number of aliphatic hydroxyl groups excluding tert-OH is 1. The number of furan rings is 1. The summed E-state index contributed by atoms with van der Waals surface area (Å²) < 4.78 is 13.0. The number of ether oxygens (including phenoxy) is 1. The predicted octanol–water partition coefficient (Wildman–Crippen LogP) is 5.74. The van der Waals surface area contributed by atoms with E-state index in [2.05, 4.69) is 33.9 Å². The quantitative estimate of drug-likeness (QED) is 0.262. The first-order chi connectivity index (χ1) is 15.9. The van der Waals surface area contributed by atoms with Gasteiger partial charge in [0.1, 0.15) is 23.1 Å². The number of halogens is 2. The molecule has 2 N–H and O–H groups in total. The second-order valence-corrected chi connectivity index (χ2v) is 9.61. The van der Waals surface area contributed by atoms with Crippen molar-refractivity contribution < 1.29 is 19.4 Å². The molecule has 1 fully saturated rings. The fourth-order valence-corrected chi connectivity index (χ4v) is 5.18. The third kappa shape index (κ3) is 4.97. The molecule has 0 radical (unpaired) electrons. The van der Waals surface area contributed by atoms with E-state index in [0.29, 0.717) is 39.0 Å². The van der Waals surface area contributed by atoms with Gasteiger partial charge in [0.25, 0.3) is 0 Å². The van der Waals surface area contributed by atoms with Gasteiger partial charge in [-0.25, -0.2) is 0 Å². The van der Waals surface area contributed by atoms with Crippen LogP contribution in [0.5, 0.6) is 5.75 Å². The zero-order valence-electron chi connectivity index (χ0n) is 18.9. The van der Waals surface area contributed by atoms with Crippen LogP contribution in [0.25, 0.3) is 21.9 Å². The van der Waals surface area contributed by atoms with Crippen molar-refractivity contribution in [2.24, 2.45) is 0 Å². The molecular weight excluding hydrogens is 611 g/mol. The number of rotatable bonds is 6. The highest BCUT2D eigenvalue weighted by atomic mass is 127. The van der Waals surface area contributed by atoms with Gasteiger partial charge in [0.15, 0.2) is 0 Å². The van der Waals surface area contributed by atoms with Crippen molar-refractivity contribution in [3.05, 3.63) is 70.5 Å². The average molecular weight is 639 g/mol. The van der Waals surface area contributed by atoms with Crippen LogP contribution in [0.15, 0.2) is 63.7 Å². The molecule has 0 spiro atoms. The van der Waals surface area contributed by atoms with Gasteiger partial charge in [0, 0.05) is 54.3 Å². The lowest BCUT2D eigenvalue weighted by atomic mass is 9.85. The van der Waals surface area contributed by atoms with Gasteiger partial charge in [-0.1, -0.05) is 18.2 Å².